The van der Waals surface area contributed by atoms with Gasteiger partial charge in [0.1, 0.15) is 11.5 Å². The Hall–Kier alpha value is -7.88. The average molecular weight is 977 g/mol. The van der Waals surface area contributed by atoms with Crippen molar-refractivity contribution in [2.75, 3.05) is 27.9 Å². The monoisotopic (exact) mass is 976 g/mol. The zero-order valence-electron chi connectivity index (χ0n) is 40.0. The van der Waals surface area contributed by atoms with Crippen LogP contribution in [0, 0.1) is 5.92 Å². The van der Waals surface area contributed by atoms with Gasteiger partial charge in [-0.25, -0.2) is 0 Å². The molecule has 0 bridgehead atoms. The summed E-state index contributed by atoms with van der Waals surface area (Å²) in [7, 11) is -3.25. The van der Waals surface area contributed by atoms with E-state index in [-0.39, 0.29) is 56.3 Å². The van der Waals surface area contributed by atoms with Gasteiger partial charge in [-0.05, 0) is 103 Å². The third-order valence-corrected chi connectivity index (χ3v) is 16.9. The molecule has 4 aliphatic heterocycles. The van der Waals surface area contributed by atoms with Gasteiger partial charge < -0.3 is 33.9 Å². The molecule has 2 N–H and O–H groups in total. The number of nitrogens with zero attached hydrogens (tertiary/aromatic N) is 4. The SMILES string of the molecule is C[C@@H]1[C@@H]([Si](C)(C)O)[C@H](CC(=O)N(CCO)Cc2ccccc2)O[C@@]12C(=O)N(Cc1ccc(N3C(=O)c4ccccc4Oc4ccccc43)cc1)c1ccc(N3C(=O)c4ccccc4Oc4ccccc43)cc12. The molecule has 72 heavy (non-hydrogen) atoms. The number of benzene rings is 7. The van der Waals surface area contributed by atoms with E-state index < -0.39 is 31.5 Å². The predicted octanol–water partition coefficient (Wildman–Crippen LogP) is 10.6. The molecule has 4 atom stereocenters. The number of hydrogen-bond acceptors (Lipinski definition) is 9. The molecule has 362 valence electrons. The molecule has 14 heteroatoms. The smallest absolute Gasteiger partial charge is 0.266 e. The number of rotatable bonds is 11. The third kappa shape index (κ3) is 7.92. The van der Waals surface area contributed by atoms with Crippen molar-refractivity contribution in [1.29, 1.82) is 0 Å². The van der Waals surface area contributed by atoms with Gasteiger partial charge in [0.25, 0.3) is 17.7 Å². The summed E-state index contributed by atoms with van der Waals surface area (Å²) in [5.74, 6) is -0.0305. The maximum absolute atomic E-state index is 15.8. The van der Waals surface area contributed by atoms with Gasteiger partial charge in [0, 0.05) is 41.5 Å². The quantitative estimate of drug-likeness (QED) is 0.121. The Morgan fingerprint density at radius 1 is 0.639 bits per heavy atom. The van der Waals surface area contributed by atoms with Gasteiger partial charge in [0.15, 0.2) is 25.4 Å². The van der Waals surface area contributed by atoms with E-state index in [0.717, 1.165) is 11.1 Å². The molecule has 1 fully saturated rings. The number of anilines is 5. The molecule has 0 aromatic heterocycles. The van der Waals surface area contributed by atoms with Gasteiger partial charge in [0.05, 0.1) is 53.9 Å². The van der Waals surface area contributed by atoms with E-state index in [0.29, 0.717) is 68.1 Å². The van der Waals surface area contributed by atoms with E-state index in [1.165, 1.54) is 0 Å². The fourth-order valence-electron chi connectivity index (χ4n) is 11.1. The Balaban J connectivity index is 0.998. The van der Waals surface area contributed by atoms with Crippen LogP contribution in [0.2, 0.25) is 18.6 Å². The zero-order valence-corrected chi connectivity index (χ0v) is 41.0. The van der Waals surface area contributed by atoms with Gasteiger partial charge in [-0.1, -0.05) is 97.9 Å². The number of ether oxygens (including phenoxy) is 3. The summed E-state index contributed by atoms with van der Waals surface area (Å²) in [4.78, 5) is 78.0. The van der Waals surface area contributed by atoms with Crippen LogP contribution >= 0.6 is 0 Å². The minimum Gasteiger partial charge on any atom is -0.454 e. The number of aliphatic hydroxyl groups excluding tert-OH is 1. The lowest BCUT2D eigenvalue weighted by Crippen LogP contribution is -2.46. The standard InChI is InChI=1S/C58H52N4O9Si/c1-37-54(72(2,3)68)52(34-53(64)59(31-32-63)35-38-15-5-4-6-16-38)71-58(37)44-33-41(62-47-20-10-14-24-51(47)70-49-22-12-8-18-43(49)56(62)66)29-30-45(44)60(57(58)67)36-39-25-27-40(28-26-39)61-46-19-9-13-23-50(46)69-48-21-11-7-17-42(48)55(61)65/h4-30,33,37,52,54,63,68H,31-32,34-36H2,1-3H3/t37-,52+,54-,58+/m1/s1. The lowest BCUT2D eigenvalue weighted by molar-refractivity contribution is -0.150. The fourth-order valence-corrected chi connectivity index (χ4v) is 13.7. The molecule has 11 rings (SSSR count). The highest BCUT2D eigenvalue weighted by Gasteiger charge is 2.66. The highest BCUT2D eigenvalue weighted by molar-refractivity contribution is 6.71. The van der Waals surface area contributed by atoms with Crippen molar-refractivity contribution in [1.82, 2.24) is 4.90 Å². The maximum atomic E-state index is 15.8. The lowest BCUT2D eigenvalue weighted by atomic mass is 9.82. The molecule has 0 unspecified atom stereocenters. The van der Waals surface area contributed by atoms with Gasteiger partial charge in [-0.2, -0.15) is 0 Å². The van der Waals surface area contributed by atoms with Crippen molar-refractivity contribution in [3.8, 4) is 23.0 Å². The molecule has 4 heterocycles. The van der Waals surface area contributed by atoms with E-state index in [2.05, 4.69) is 0 Å². The molecular weight excluding hydrogens is 925 g/mol. The number of carbonyl (C=O) groups excluding carboxylic acids is 4. The zero-order chi connectivity index (χ0) is 49.9. The Morgan fingerprint density at radius 2 is 1.17 bits per heavy atom. The Kier molecular flexibility index (Phi) is 11.9. The van der Waals surface area contributed by atoms with Crippen molar-refractivity contribution >= 4 is 60.4 Å². The normalized spacial score (nSPS) is 19.9. The van der Waals surface area contributed by atoms with Crippen LogP contribution in [0.15, 0.2) is 170 Å². The molecule has 1 saturated heterocycles. The highest BCUT2D eigenvalue weighted by Crippen LogP contribution is 2.61. The van der Waals surface area contributed by atoms with Gasteiger partial charge in [-0.3, -0.25) is 29.0 Å². The number of fused-ring (bicyclic) bond motifs is 6. The molecule has 4 amide bonds. The van der Waals surface area contributed by atoms with Crippen molar-refractivity contribution in [3.63, 3.8) is 0 Å². The largest absolute Gasteiger partial charge is 0.454 e. The van der Waals surface area contributed by atoms with Crippen LogP contribution in [0.1, 0.15) is 50.8 Å². The predicted molar refractivity (Wildman–Crippen MR) is 276 cm³/mol. The van der Waals surface area contributed by atoms with E-state index in [1.807, 2.05) is 147 Å². The molecular formula is C58H52N4O9Si. The Bertz CT molecular complexity index is 3270. The van der Waals surface area contributed by atoms with Gasteiger partial charge in [0.2, 0.25) is 5.91 Å². The first-order valence-electron chi connectivity index (χ1n) is 24.1. The molecule has 13 nitrogen and oxygen atoms in total. The molecule has 0 aliphatic carbocycles. The van der Waals surface area contributed by atoms with Crippen LogP contribution in [0.3, 0.4) is 0 Å². The van der Waals surface area contributed by atoms with Crippen LogP contribution < -0.4 is 24.2 Å². The maximum Gasteiger partial charge on any atom is 0.266 e. The molecule has 7 aromatic rings. The average Bonchev–Trinajstić information content (AvgIpc) is 3.69. The molecule has 0 radical (unpaired) electrons. The number of amides is 4. The Morgan fingerprint density at radius 3 is 1.75 bits per heavy atom. The summed E-state index contributed by atoms with van der Waals surface area (Å²) >= 11 is 0. The highest BCUT2D eigenvalue weighted by atomic mass is 28.4. The second-order valence-electron chi connectivity index (χ2n) is 19.3. The third-order valence-electron chi connectivity index (χ3n) is 14.4. The fraction of sp³-hybridized carbons (Fsp3) is 0.207. The molecule has 7 aromatic carbocycles. The van der Waals surface area contributed by atoms with Crippen LogP contribution in [0.25, 0.3) is 0 Å². The van der Waals surface area contributed by atoms with Crippen LogP contribution in [0.5, 0.6) is 23.0 Å². The van der Waals surface area contributed by atoms with Crippen molar-refractivity contribution in [3.05, 3.63) is 198 Å². The van der Waals surface area contributed by atoms with Crippen molar-refractivity contribution < 1.29 is 43.3 Å². The summed E-state index contributed by atoms with van der Waals surface area (Å²) < 4.78 is 19.8. The topological polar surface area (TPSA) is 149 Å². The summed E-state index contributed by atoms with van der Waals surface area (Å²) in [6.45, 7) is 5.72. The van der Waals surface area contributed by atoms with Crippen LogP contribution in [0.4, 0.5) is 28.4 Å². The second kappa shape index (κ2) is 18.4. The molecule has 0 saturated carbocycles. The van der Waals surface area contributed by atoms with Gasteiger partial charge in [-0.15, -0.1) is 0 Å². The van der Waals surface area contributed by atoms with E-state index in [4.69, 9.17) is 14.2 Å². The van der Waals surface area contributed by atoms with Crippen molar-refractivity contribution in [2.45, 2.75) is 56.8 Å². The minimum absolute atomic E-state index is 0.0845. The van der Waals surface area contributed by atoms with E-state index >= 15 is 4.79 Å². The van der Waals surface area contributed by atoms with Crippen LogP contribution in [-0.2, 0) is 33.0 Å². The summed E-state index contributed by atoms with van der Waals surface area (Å²) in [5.41, 5.74) is 3.30. The van der Waals surface area contributed by atoms with E-state index in [1.54, 1.807) is 62.1 Å². The van der Waals surface area contributed by atoms with Crippen LogP contribution in [-0.4, -0.2) is 66.0 Å². The molecule has 4 aliphatic rings. The summed E-state index contributed by atoms with van der Waals surface area (Å²) in [6.07, 6.45) is -1.04. The number of aliphatic hydroxyl groups is 1. The first-order valence-corrected chi connectivity index (χ1v) is 27.2. The number of hydrogen-bond donors (Lipinski definition) is 2. The second-order valence-corrected chi connectivity index (χ2v) is 23.2. The number of para-hydroxylation sites is 6. The van der Waals surface area contributed by atoms with Gasteiger partial charge >= 0.3 is 0 Å². The lowest BCUT2D eigenvalue weighted by Gasteiger charge is -2.33. The van der Waals surface area contributed by atoms with E-state index in [9.17, 15) is 24.3 Å². The first kappa shape index (κ1) is 46.5. The summed E-state index contributed by atoms with van der Waals surface area (Å²) in [5, 5.41) is 10.1. The first-order chi connectivity index (χ1) is 34.8. The molecule has 1 spiro atoms. The summed E-state index contributed by atoms with van der Waals surface area (Å²) in [6, 6.07) is 51.3. The number of carbonyl (C=O) groups is 4. The van der Waals surface area contributed by atoms with Crippen molar-refractivity contribution in [2.24, 2.45) is 5.92 Å². The minimum atomic E-state index is -3.25. The Labute approximate surface area is 418 Å².